The lowest BCUT2D eigenvalue weighted by molar-refractivity contribution is -0.135. The molecule has 20 heavy (non-hydrogen) atoms. The van der Waals surface area contributed by atoms with Gasteiger partial charge in [0.2, 0.25) is 11.8 Å². The number of carbonyl (C=O) groups is 2. The summed E-state index contributed by atoms with van der Waals surface area (Å²) in [5, 5.41) is 3.06. The summed E-state index contributed by atoms with van der Waals surface area (Å²) < 4.78 is 0. The SMILES string of the molecule is CC1CC1C(=O)N1CCN(C(C)C(=O)NC2CC2)CC1. The molecule has 3 aliphatic rings. The molecule has 0 radical (unpaired) electrons. The molecule has 3 unspecified atom stereocenters. The van der Waals surface area contributed by atoms with Crippen molar-refractivity contribution in [2.75, 3.05) is 26.2 Å². The average molecular weight is 279 g/mol. The number of piperazine rings is 1. The molecule has 5 nitrogen and oxygen atoms in total. The maximum absolute atomic E-state index is 12.2. The van der Waals surface area contributed by atoms with Gasteiger partial charge in [-0.05, 0) is 32.1 Å². The summed E-state index contributed by atoms with van der Waals surface area (Å²) in [6, 6.07) is 0.344. The van der Waals surface area contributed by atoms with E-state index in [1.165, 1.54) is 0 Å². The van der Waals surface area contributed by atoms with E-state index in [-0.39, 0.29) is 17.9 Å². The normalized spacial score (nSPS) is 31.8. The standard InChI is InChI=1S/C15H25N3O2/c1-10-9-13(10)15(20)18-7-5-17(6-8-18)11(2)14(19)16-12-3-4-12/h10-13H,3-9H2,1-2H3,(H,16,19). The predicted molar refractivity (Wildman–Crippen MR) is 76.1 cm³/mol. The Morgan fingerprint density at radius 3 is 2.25 bits per heavy atom. The third-order valence-electron chi connectivity index (χ3n) is 4.90. The van der Waals surface area contributed by atoms with Crippen molar-refractivity contribution in [3.8, 4) is 0 Å². The lowest BCUT2D eigenvalue weighted by Crippen LogP contribution is -2.55. The maximum Gasteiger partial charge on any atom is 0.237 e. The fourth-order valence-electron chi connectivity index (χ4n) is 2.95. The first-order chi connectivity index (χ1) is 9.56. The summed E-state index contributed by atoms with van der Waals surface area (Å²) in [6.07, 6.45) is 3.31. The topological polar surface area (TPSA) is 52.7 Å². The Kier molecular flexibility index (Phi) is 3.71. The molecule has 3 atom stereocenters. The van der Waals surface area contributed by atoms with Crippen LogP contribution < -0.4 is 5.32 Å². The van der Waals surface area contributed by atoms with Crippen molar-refractivity contribution in [3.05, 3.63) is 0 Å². The van der Waals surface area contributed by atoms with Gasteiger partial charge in [-0.1, -0.05) is 6.92 Å². The fourth-order valence-corrected chi connectivity index (χ4v) is 2.95. The van der Waals surface area contributed by atoms with Crippen LogP contribution in [-0.4, -0.2) is 59.9 Å². The molecule has 5 heteroatoms. The van der Waals surface area contributed by atoms with Crippen molar-refractivity contribution in [2.45, 2.75) is 45.2 Å². The number of carbonyl (C=O) groups excluding carboxylic acids is 2. The molecule has 3 rings (SSSR count). The average Bonchev–Trinajstić information content (AvgIpc) is 3.36. The molecule has 1 N–H and O–H groups in total. The Labute approximate surface area is 120 Å². The molecule has 0 spiro atoms. The number of amides is 2. The second-order valence-corrected chi connectivity index (χ2v) is 6.64. The Morgan fingerprint density at radius 1 is 1.15 bits per heavy atom. The molecular formula is C15H25N3O2. The number of hydrogen-bond donors (Lipinski definition) is 1. The number of rotatable bonds is 4. The first kappa shape index (κ1) is 13.9. The predicted octanol–water partition coefficient (Wildman–Crippen LogP) is 0.454. The van der Waals surface area contributed by atoms with E-state index in [1.54, 1.807) is 0 Å². The zero-order valence-electron chi connectivity index (χ0n) is 12.5. The Hall–Kier alpha value is -1.10. The minimum Gasteiger partial charge on any atom is -0.352 e. The van der Waals surface area contributed by atoms with E-state index < -0.39 is 0 Å². The van der Waals surface area contributed by atoms with Crippen LogP contribution in [0.15, 0.2) is 0 Å². The van der Waals surface area contributed by atoms with Crippen LogP contribution in [-0.2, 0) is 9.59 Å². The molecule has 1 aliphatic heterocycles. The van der Waals surface area contributed by atoms with Crippen LogP contribution >= 0.6 is 0 Å². The van der Waals surface area contributed by atoms with E-state index in [0.717, 1.165) is 45.4 Å². The minimum absolute atomic E-state index is 0.0762. The molecule has 2 saturated carbocycles. The van der Waals surface area contributed by atoms with Gasteiger partial charge in [-0.25, -0.2) is 0 Å². The number of nitrogens with zero attached hydrogens (tertiary/aromatic N) is 2. The lowest BCUT2D eigenvalue weighted by atomic mass is 10.2. The van der Waals surface area contributed by atoms with Crippen molar-refractivity contribution < 1.29 is 9.59 Å². The second-order valence-electron chi connectivity index (χ2n) is 6.64. The highest BCUT2D eigenvalue weighted by atomic mass is 16.2. The van der Waals surface area contributed by atoms with Gasteiger partial charge in [-0.15, -0.1) is 0 Å². The van der Waals surface area contributed by atoms with Crippen molar-refractivity contribution >= 4 is 11.8 Å². The highest BCUT2D eigenvalue weighted by Crippen LogP contribution is 2.39. The van der Waals surface area contributed by atoms with Crippen LogP contribution in [0.25, 0.3) is 0 Å². The fraction of sp³-hybridized carbons (Fsp3) is 0.867. The summed E-state index contributed by atoms with van der Waals surface area (Å²) >= 11 is 0. The largest absolute Gasteiger partial charge is 0.352 e. The molecule has 2 amide bonds. The van der Waals surface area contributed by atoms with Gasteiger partial charge < -0.3 is 10.2 Å². The molecule has 0 bridgehead atoms. The van der Waals surface area contributed by atoms with Crippen LogP contribution in [0, 0.1) is 11.8 Å². The van der Waals surface area contributed by atoms with E-state index in [2.05, 4.69) is 17.1 Å². The third kappa shape index (κ3) is 2.97. The molecule has 0 aromatic carbocycles. The molecule has 1 heterocycles. The Morgan fingerprint density at radius 2 is 1.75 bits per heavy atom. The molecule has 112 valence electrons. The summed E-state index contributed by atoms with van der Waals surface area (Å²) in [4.78, 5) is 28.4. The van der Waals surface area contributed by atoms with Gasteiger partial charge in [0.15, 0.2) is 0 Å². The van der Waals surface area contributed by atoms with Crippen molar-refractivity contribution in [1.82, 2.24) is 15.1 Å². The van der Waals surface area contributed by atoms with Crippen molar-refractivity contribution in [2.24, 2.45) is 11.8 Å². The zero-order valence-corrected chi connectivity index (χ0v) is 12.5. The molecule has 1 saturated heterocycles. The van der Waals surface area contributed by atoms with Gasteiger partial charge in [0, 0.05) is 38.1 Å². The second kappa shape index (κ2) is 5.35. The van der Waals surface area contributed by atoms with Gasteiger partial charge in [0.1, 0.15) is 0 Å². The zero-order chi connectivity index (χ0) is 14.3. The molecule has 0 aromatic rings. The molecular weight excluding hydrogens is 254 g/mol. The molecule has 3 fully saturated rings. The van der Waals surface area contributed by atoms with Crippen molar-refractivity contribution in [1.29, 1.82) is 0 Å². The maximum atomic E-state index is 12.2. The highest BCUT2D eigenvalue weighted by Gasteiger charge is 2.42. The van der Waals surface area contributed by atoms with E-state index in [4.69, 9.17) is 0 Å². The monoisotopic (exact) mass is 279 g/mol. The molecule has 2 aliphatic carbocycles. The van der Waals surface area contributed by atoms with Gasteiger partial charge in [0.05, 0.1) is 6.04 Å². The summed E-state index contributed by atoms with van der Waals surface area (Å²) in [6.45, 7) is 7.27. The summed E-state index contributed by atoms with van der Waals surface area (Å²) in [5.41, 5.74) is 0. The third-order valence-corrected chi connectivity index (χ3v) is 4.90. The van der Waals surface area contributed by atoms with Crippen LogP contribution in [0.3, 0.4) is 0 Å². The van der Waals surface area contributed by atoms with Crippen molar-refractivity contribution in [3.63, 3.8) is 0 Å². The van der Waals surface area contributed by atoms with Gasteiger partial charge in [0.25, 0.3) is 0 Å². The van der Waals surface area contributed by atoms with Crippen LogP contribution in [0.5, 0.6) is 0 Å². The van der Waals surface area contributed by atoms with E-state index in [9.17, 15) is 9.59 Å². The quantitative estimate of drug-likeness (QED) is 0.813. The number of hydrogen-bond acceptors (Lipinski definition) is 3. The number of nitrogens with one attached hydrogen (secondary N) is 1. The summed E-state index contributed by atoms with van der Waals surface area (Å²) in [5.74, 6) is 1.32. The summed E-state index contributed by atoms with van der Waals surface area (Å²) in [7, 11) is 0. The van der Waals surface area contributed by atoms with E-state index in [1.807, 2.05) is 11.8 Å². The van der Waals surface area contributed by atoms with Crippen LogP contribution in [0.4, 0.5) is 0 Å². The minimum atomic E-state index is -0.0762. The van der Waals surface area contributed by atoms with Crippen LogP contribution in [0.2, 0.25) is 0 Å². The van der Waals surface area contributed by atoms with E-state index >= 15 is 0 Å². The smallest absolute Gasteiger partial charge is 0.237 e. The van der Waals surface area contributed by atoms with Gasteiger partial charge >= 0.3 is 0 Å². The highest BCUT2D eigenvalue weighted by molar-refractivity contribution is 5.82. The van der Waals surface area contributed by atoms with Gasteiger partial charge in [-0.2, -0.15) is 0 Å². The Balaban J connectivity index is 1.45. The first-order valence-electron chi connectivity index (χ1n) is 7.89. The van der Waals surface area contributed by atoms with Gasteiger partial charge in [-0.3, -0.25) is 14.5 Å². The molecule has 0 aromatic heterocycles. The first-order valence-corrected chi connectivity index (χ1v) is 7.89. The van der Waals surface area contributed by atoms with Crippen LogP contribution in [0.1, 0.15) is 33.1 Å². The van der Waals surface area contributed by atoms with E-state index in [0.29, 0.717) is 17.9 Å². The lowest BCUT2D eigenvalue weighted by Gasteiger charge is -2.37. The Bertz CT molecular complexity index is 400.